The first-order chi connectivity index (χ1) is 6.20. The molecule has 0 radical (unpaired) electrons. The predicted molar refractivity (Wildman–Crippen MR) is 69.1 cm³/mol. The van der Waals surface area contributed by atoms with E-state index in [0.717, 1.165) is 24.8 Å². The first kappa shape index (κ1) is 9.89. The summed E-state index contributed by atoms with van der Waals surface area (Å²) in [6.45, 7) is 0. The third kappa shape index (κ3) is 1.77. The van der Waals surface area contributed by atoms with E-state index in [2.05, 4.69) is 45.2 Å². The standard InChI is InChI=1S/C10H8I2O/c11-8-5-4-6-7(10(8)12)2-1-3-9(6)13/h4-5H,1-3H2. The average Bonchev–Trinajstić information content (AvgIpc) is 2.12. The number of ketones is 1. The molecular weight excluding hydrogens is 390 g/mol. The molecule has 1 aromatic carbocycles. The largest absolute Gasteiger partial charge is 0.294 e. The van der Waals surface area contributed by atoms with E-state index in [1.165, 1.54) is 12.7 Å². The number of carbonyl (C=O) groups is 1. The van der Waals surface area contributed by atoms with Gasteiger partial charge < -0.3 is 0 Å². The molecule has 0 fully saturated rings. The molecular formula is C10H8I2O. The van der Waals surface area contributed by atoms with Crippen LogP contribution in [0.4, 0.5) is 0 Å². The van der Waals surface area contributed by atoms with Gasteiger partial charge in [0.2, 0.25) is 0 Å². The van der Waals surface area contributed by atoms with Gasteiger partial charge in [-0.1, -0.05) is 6.07 Å². The molecule has 0 spiro atoms. The topological polar surface area (TPSA) is 17.1 Å². The molecule has 0 aromatic heterocycles. The number of rotatable bonds is 0. The number of Topliss-reactive ketones (excluding diaryl/α,β-unsaturated/α-hetero) is 1. The number of fused-ring (bicyclic) bond motifs is 1. The van der Waals surface area contributed by atoms with Crippen molar-refractivity contribution in [1.29, 1.82) is 0 Å². The Labute approximate surface area is 105 Å². The molecule has 0 saturated heterocycles. The summed E-state index contributed by atoms with van der Waals surface area (Å²) in [6.07, 6.45) is 2.81. The number of hydrogen-bond acceptors (Lipinski definition) is 1. The van der Waals surface area contributed by atoms with Gasteiger partial charge in [-0.15, -0.1) is 0 Å². The first-order valence-electron chi connectivity index (χ1n) is 4.20. The zero-order valence-corrected chi connectivity index (χ0v) is 11.3. The van der Waals surface area contributed by atoms with Crippen molar-refractivity contribution >= 4 is 51.0 Å². The van der Waals surface area contributed by atoms with Gasteiger partial charge in [0, 0.05) is 19.1 Å². The van der Waals surface area contributed by atoms with Crippen molar-refractivity contribution in [3.8, 4) is 0 Å². The van der Waals surface area contributed by atoms with E-state index in [0.29, 0.717) is 5.78 Å². The Balaban J connectivity index is 2.63. The number of benzene rings is 1. The molecule has 68 valence electrons. The normalized spacial score (nSPS) is 15.7. The summed E-state index contributed by atoms with van der Waals surface area (Å²) < 4.78 is 2.52. The Hall–Kier alpha value is 0.350. The van der Waals surface area contributed by atoms with Crippen LogP contribution in [0.15, 0.2) is 12.1 Å². The van der Waals surface area contributed by atoms with Crippen LogP contribution in [0.25, 0.3) is 0 Å². The zero-order chi connectivity index (χ0) is 9.42. The van der Waals surface area contributed by atoms with Gasteiger partial charge in [0.1, 0.15) is 0 Å². The van der Waals surface area contributed by atoms with Crippen molar-refractivity contribution in [2.24, 2.45) is 0 Å². The molecule has 3 heteroatoms. The maximum absolute atomic E-state index is 11.5. The number of carbonyl (C=O) groups excluding carboxylic acids is 1. The van der Waals surface area contributed by atoms with Gasteiger partial charge in [-0.2, -0.15) is 0 Å². The molecule has 1 aliphatic rings. The fourth-order valence-corrected chi connectivity index (χ4v) is 2.90. The lowest BCUT2D eigenvalue weighted by molar-refractivity contribution is 0.0972. The number of halogens is 2. The van der Waals surface area contributed by atoms with Crippen LogP contribution in [0.2, 0.25) is 0 Å². The highest BCUT2D eigenvalue weighted by atomic mass is 127. The van der Waals surface area contributed by atoms with Crippen LogP contribution in [0, 0.1) is 7.14 Å². The van der Waals surface area contributed by atoms with Gasteiger partial charge in [-0.05, 0) is 69.7 Å². The summed E-state index contributed by atoms with van der Waals surface area (Å²) in [6, 6.07) is 4.01. The van der Waals surface area contributed by atoms with Crippen LogP contribution in [0.1, 0.15) is 28.8 Å². The van der Waals surface area contributed by atoms with E-state index >= 15 is 0 Å². The second-order valence-electron chi connectivity index (χ2n) is 3.16. The Kier molecular flexibility index (Phi) is 2.92. The van der Waals surface area contributed by atoms with Crippen molar-refractivity contribution in [2.75, 3.05) is 0 Å². The van der Waals surface area contributed by atoms with Crippen molar-refractivity contribution in [3.63, 3.8) is 0 Å². The summed E-state index contributed by atoms with van der Waals surface area (Å²) in [5, 5.41) is 0. The highest BCUT2D eigenvalue weighted by Crippen LogP contribution is 2.28. The molecule has 0 amide bonds. The van der Waals surface area contributed by atoms with E-state index in [-0.39, 0.29) is 0 Å². The molecule has 1 aromatic rings. The molecule has 0 atom stereocenters. The SMILES string of the molecule is O=C1CCCc2c1ccc(I)c2I. The maximum atomic E-state index is 11.5. The van der Waals surface area contributed by atoms with Crippen LogP contribution in [-0.2, 0) is 6.42 Å². The molecule has 1 nitrogen and oxygen atoms in total. The molecule has 0 N–H and O–H groups in total. The van der Waals surface area contributed by atoms with Gasteiger partial charge in [-0.25, -0.2) is 0 Å². The van der Waals surface area contributed by atoms with Crippen LogP contribution in [-0.4, -0.2) is 5.78 Å². The molecule has 0 aliphatic heterocycles. The van der Waals surface area contributed by atoms with E-state index < -0.39 is 0 Å². The van der Waals surface area contributed by atoms with E-state index in [9.17, 15) is 4.79 Å². The first-order valence-corrected chi connectivity index (χ1v) is 6.36. The molecule has 0 heterocycles. The minimum absolute atomic E-state index is 0.315. The lowest BCUT2D eigenvalue weighted by Gasteiger charge is -2.16. The summed E-state index contributed by atoms with van der Waals surface area (Å²) >= 11 is 4.66. The summed E-state index contributed by atoms with van der Waals surface area (Å²) in [5.74, 6) is 0.315. The fraction of sp³-hybridized carbons (Fsp3) is 0.300. The lowest BCUT2D eigenvalue weighted by atomic mass is 9.91. The summed E-state index contributed by atoms with van der Waals surface area (Å²) in [5.41, 5.74) is 2.22. The molecule has 13 heavy (non-hydrogen) atoms. The Bertz CT molecular complexity index is 371. The van der Waals surface area contributed by atoms with Crippen molar-refractivity contribution in [1.82, 2.24) is 0 Å². The van der Waals surface area contributed by atoms with Crippen LogP contribution in [0.3, 0.4) is 0 Å². The molecule has 2 rings (SSSR count). The molecule has 0 bridgehead atoms. The molecule has 0 unspecified atom stereocenters. The van der Waals surface area contributed by atoms with Gasteiger partial charge in [0.25, 0.3) is 0 Å². The van der Waals surface area contributed by atoms with Crippen LogP contribution in [0.5, 0.6) is 0 Å². The van der Waals surface area contributed by atoms with Gasteiger partial charge in [0.05, 0.1) is 0 Å². The number of hydrogen-bond donors (Lipinski definition) is 0. The fourth-order valence-electron chi connectivity index (χ4n) is 1.66. The predicted octanol–water partition coefficient (Wildman–Crippen LogP) is 3.41. The van der Waals surface area contributed by atoms with Crippen LogP contribution >= 0.6 is 45.2 Å². The summed E-state index contributed by atoms with van der Waals surface area (Å²) in [7, 11) is 0. The zero-order valence-electron chi connectivity index (χ0n) is 6.94. The van der Waals surface area contributed by atoms with Gasteiger partial charge in [-0.3, -0.25) is 4.79 Å². The van der Waals surface area contributed by atoms with E-state index in [1.807, 2.05) is 12.1 Å². The third-order valence-electron chi connectivity index (χ3n) is 2.33. The molecule has 1 aliphatic carbocycles. The minimum atomic E-state index is 0.315. The maximum Gasteiger partial charge on any atom is 0.163 e. The highest BCUT2D eigenvalue weighted by Gasteiger charge is 2.19. The van der Waals surface area contributed by atoms with E-state index in [1.54, 1.807) is 0 Å². The smallest absolute Gasteiger partial charge is 0.163 e. The minimum Gasteiger partial charge on any atom is -0.294 e. The second-order valence-corrected chi connectivity index (χ2v) is 5.41. The second kappa shape index (κ2) is 3.84. The van der Waals surface area contributed by atoms with Gasteiger partial charge >= 0.3 is 0 Å². The average molecular weight is 398 g/mol. The molecule has 0 saturated carbocycles. The lowest BCUT2D eigenvalue weighted by Crippen LogP contribution is -2.12. The Morgan fingerprint density at radius 1 is 1.15 bits per heavy atom. The quantitative estimate of drug-likeness (QED) is 0.613. The Morgan fingerprint density at radius 2 is 1.92 bits per heavy atom. The Morgan fingerprint density at radius 3 is 2.69 bits per heavy atom. The van der Waals surface area contributed by atoms with Crippen LogP contribution < -0.4 is 0 Å². The van der Waals surface area contributed by atoms with E-state index in [4.69, 9.17) is 0 Å². The third-order valence-corrected chi connectivity index (χ3v) is 5.49. The van der Waals surface area contributed by atoms with Crippen molar-refractivity contribution in [3.05, 3.63) is 30.4 Å². The van der Waals surface area contributed by atoms with Crippen molar-refractivity contribution in [2.45, 2.75) is 19.3 Å². The highest BCUT2D eigenvalue weighted by molar-refractivity contribution is 14.1. The monoisotopic (exact) mass is 398 g/mol. The van der Waals surface area contributed by atoms with Gasteiger partial charge in [0.15, 0.2) is 5.78 Å². The summed E-state index contributed by atoms with van der Waals surface area (Å²) in [4.78, 5) is 11.5. The van der Waals surface area contributed by atoms with Crippen molar-refractivity contribution < 1.29 is 4.79 Å².